The van der Waals surface area contributed by atoms with Crippen LogP contribution in [0.25, 0.3) is 5.65 Å². The molecule has 7 nitrogen and oxygen atoms in total. The number of rotatable bonds is 5. The van der Waals surface area contributed by atoms with Crippen LogP contribution < -0.4 is 5.32 Å². The number of nitrogens with one attached hydrogen (secondary N) is 1. The number of hydrogen-bond donors (Lipinski definition) is 3. The molecule has 3 heterocycles. The van der Waals surface area contributed by atoms with Crippen LogP contribution in [-0.4, -0.2) is 43.6 Å². The maximum atomic E-state index is 15.1. The summed E-state index contributed by atoms with van der Waals surface area (Å²) < 4.78 is 61.3. The molecule has 0 radical (unpaired) electrons. The van der Waals surface area contributed by atoms with Gasteiger partial charge >= 0.3 is 6.18 Å². The molecule has 3 aromatic rings. The van der Waals surface area contributed by atoms with E-state index in [4.69, 9.17) is 4.74 Å². The summed E-state index contributed by atoms with van der Waals surface area (Å²) in [6.07, 6.45) is 0.975. The predicted octanol–water partition coefficient (Wildman–Crippen LogP) is 3.41. The van der Waals surface area contributed by atoms with Crippen LogP contribution in [-0.2, 0) is 16.5 Å². The molecule has 0 amide bonds. The van der Waals surface area contributed by atoms with Crippen molar-refractivity contribution in [3.8, 4) is 0 Å². The Kier molecular flexibility index (Phi) is 5.43. The number of alkyl halides is 3. The maximum absolute atomic E-state index is 15.1. The van der Waals surface area contributed by atoms with Crippen LogP contribution in [0.2, 0.25) is 0 Å². The zero-order valence-corrected chi connectivity index (χ0v) is 18.3. The molecule has 34 heavy (non-hydrogen) atoms. The molecule has 0 bridgehead atoms. The Morgan fingerprint density at radius 1 is 1.26 bits per heavy atom. The van der Waals surface area contributed by atoms with E-state index in [-0.39, 0.29) is 30.8 Å². The van der Waals surface area contributed by atoms with E-state index >= 15 is 4.39 Å². The first kappa shape index (κ1) is 23.2. The molecule has 2 fully saturated rings. The fourth-order valence-electron chi connectivity index (χ4n) is 4.70. The third-order valence-corrected chi connectivity index (χ3v) is 6.81. The SMILES string of the molecule is CC1(O)COCCC1(NC(O)c1cnn2cc(C3CC3)cnc12)c1ccc(C(F)(F)F)cc1F. The van der Waals surface area contributed by atoms with Gasteiger partial charge in [-0.25, -0.2) is 13.9 Å². The average Bonchev–Trinajstić information content (AvgIpc) is 3.53. The average molecular weight is 480 g/mol. The van der Waals surface area contributed by atoms with Gasteiger partial charge in [0.05, 0.1) is 29.5 Å². The molecular formula is C23H24F4N4O3. The van der Waals surface area contributed by atoms with Crippen LogP contribution in [0.5, 0.6) is 0 Å². The van der Waals surface area contributed by atoms with Gasteiger partial charge in [-0.15, -0.1) is 0 Å². The Labute approximate surface area is 192 Å². The Hall–Kier alpha value is -2.60. The third-order valence-electron chi connectivity index (χ3n) is 6.81. The maximum Gasteiger partial charge on any atom is 0.416 e. The molecule has 3 atom stereocenters. The fourth-order valence-corrected chi connectivity index (χ4v) is 4.70. The van der Waals surface area contributed by atoms with Crippen molar-refractivity contribution in [2.75, 3.05) is 13.2 Å². The molecule has 1 saturated carbocycles. The standard InChI is InChI=1S/C23H24F4N4O3/c1-21(33)12-34-7-6-22(21,17-5-4-15(8-18(17)24)23(25,26)27)30-20(32)16-10-29-31-11-14(13-2-3-13)9-28-19(16)31/h4-5,8-11,13,20,30,32-33H,2-3,6-7,12H2,1H3. The summed E-state index contributed by atoms with van der Waals surface area (Å²) in [5, 5.41) is 29.5. The number of fused-ring (bicyclic) bond motifs is 1. The second kappa shape index (κ2) is 7.98. The van der Waals surface area contributed by atoms with Gasteiger partial charge in [-0.2, -0.15) is 18.3 Å². The van der Waals surface area contributed by atoms with Crippen molar-refractivity contribution < 1.29 is 32.5 Å². The first-order valence-electron chi connectivity index (χ1n) is 11.0. The monoisotopic (exact) mass is 480 g/mol. The van der Waals surface area contributed by atoms with Crippen molar-refractivity contribution >= 4 is 5.65 Å². The number of aliphatic hydroxyl groups excluding tert-OH is 1. The summed E-state index contributed by atoms with van der Waals surface area (Å²) >= 11 is 0. The van der Waals surface area contributed by atoms with E-state index in [1.807, 2.05) is 6.20 Å². The quantitative estimate of drug-likeness (QED) is 0.383. The van der Waals surface area contributed by atoms with Crippen LogP contribution in [0.1, 0.15) is 60.6 Å². The number of hydrogen-bond acceptors (Lipinski definition) is 6. The minimum Gasteiger partial charge on any atom is -0.385 e. The topological polar surface area (TPSA) is 91.9 Å². The number of nitrogens with zero attached hydrogens (tertiary/aromatic N) is 3. The lowest BCUT2D eigenvalue weighted by molar-refractivity contribution is -0.156. The first-order valence-corrected chi connectivity index (χ1v) is 11.0. The zero-order valence-electron chi connectivity index (χ0n) is 18.3. The highest BCUT2D eigenvalue weighted by molar-refractivity contribution is 5.48. The van der Waals surface area contributed by atoms with Gasteiger partial charge in [0.1, 0.15) is 17.6 Å². The molecule has 11 heteroatoms. The largest absolute Gasteiger partial charge is 0.416 e. The molecule has 0 spiro atoms. The van der Waals surface area contributed by atoms with Crippen molar-refractivity contribution in [1.29, 1.82) is 0 Å². The lowest BCUT2D eigenvalue weighted by atomic mass is 9.71. The first-order chi connectivity index (χ1) is 16.0. The molecule has 5 rings (SSSR count). The van der Waals surface area contributed by atoms with Crippen molar-refractivity contribution in [3.05, 3.63) is 64.9 Å². The molecule has 1 aliphatic heterocycles. The summed E-state index contributed by atoms with van der Waals surface area (Å²) in [6.45, 7) is 1.26. The second-order valence-electron chi connectivity index (χ2n) is 9.25. The Morgan fingerprint density at radius 2 is 2.03 bits per heavy atom. The van der Waals surface area contributed by atoms with Crippen LogP contribution in [0.3, 0.4) is 0 Å². The summed E-state index contributed by atoms with van der Waals surface area (Å²) in [5.74, 6) is -0.695. The molecule has 2 aromatic heterocycles. The van der Waals surface area contributed by atoms with Crippen molar-refractivity contribution in [1.82, 2.24) is 19.9 Å². The highest BCUT2D eigenvalue weighted by atomic mass is 19.4. The Morgan fingerprint density at radius 3 is 2.68 bits per heavy atom. The highest BCUT2D eigenvalue weighted by Gasteiger charge is 2.53. The summed E-state index contributed by atoms with van der Waals surface area (Å²) in [6, 6.07) is 2.15. The van der Waals surface area contributed by atoms with Crippen molar-refractivity contribution in [3.63, 3.8) is 0 Å². The molecule has 1 aromatic carbocycles. The van der Waals surface area contributed by atoms with Crippen LogP contribution in [0, 0.1) is 5.82 Å². The highest BCUT2D eigenvalue weighted by Crippen LogP contribution is 2.44. The number of halogens is 4. The number of aromatic nitrogens is 3. The molecule has 1 saturated heterocycles. The van der Waals surface area contributed by atoms with E-state index in [0.29, 0.717) is 17.6 Å². The zero-order chi connectivity index (χ0) is 24.3. The van der Waals surface area contributed by atoms with E-state index in [2.05, 4.69) is 15.4 Å². The van der Waals surface area contributed by atoms with Gasteiger partial charge in [0.2, 0.25) is 0 Å². The minimum absolute atomic E-state index is 0.00217. The summed E-state index contributed by atoms with van der Waals surface area (Å²) in [5.41, 5.74) is -3.05. The van der Waals surface area contributed by atoms with E-state index in [9.17, 15) is 23.4 Å². The van der Waals surface area contributed by atoms with Crippen LogP contribution in [0.4, 0.5) is 17.6 Å². The smallest absolute Gasteiger partial charge is 0.385 e. The molecule has 182 valence electrons. The van der Waals surface area contributed by atoms with Gasteiger partial charge in [0.25, 0.3) is 0 Å². The van der Waals surface area contributed by atoms with E-state index in [0.717, 1.165) is 30.5 Å². The Balaban J connectivity index is 1.54. The van der Waals surface area contributed by atoms with E-state index < -0.39 is 34.9 Å². The molecule has 3 N–H and O–H groups in total. The van der Waals surface area contributed by atoms with Crippen LogP contribution in [0.15, 0.2) is 36.8 Å². The normalized spacial score (nSPS) is 26.7. The van der Waals surface area contributed by atoms with Gasteiger partial charge < -0.3 is 14.9 Å². The van der Waals surface area contributed by atoms with Crippen LogP contribution >= 0.6 is 0 Å². The lowest BCUT2D eigenvalue weighted by Gasteiger charge is -2.50. The van der Waals surface area contributed by atoms with Gasteiger partial charge in [-0.3, -0.25) is 5.32 Å². The second-order valence-corrected chi connectivity index (χ2v) is 9.25. The van der Waals surface area contributed by atoms with Gasteiger partial charge in [-0.05, 0) is 49.8 Å². The molecule has 3 unspecified atom stereocenters. The van der Waals surface area contributed by atoms with E-state index in [1.54, 1.807) is 10.7 Å². The van der Waals surface area contributed by atoms with E-state index in [1.165, 1.54) is 13.1 Å². The molecular weight excluding hydrogens is 456 g/mol. The van der Waals surface area contributed by atoms with Gasteiger partial charge in [0.15, 0.2) is 5.65 Å². The third kappa shape index (κ3) is 3.86. The number of benzene rings is 1. The summed E-state index contributed by atoms with van der Waals surface area (Å²) in [4.78, 5) is 4.42. The van der Waals surface area contributed by atoms with Gasteiger partial charge in [-0.1, -0.05) is 6.07 Å². The summed E-state index contributed by atoms with van der Waals surface area (Å²) in [7, 11) is 0. The van der Waals surface area contributed by atoms with Crippen molar-refractivity contribution in [2.45, 2.75) is 55.6 Å². The van der Waals surface area contributed by atoms with Gasteiger partial charge in [0, 0.05) is 24.6 Å². The number of ether oxygens (including phenoxy) is 1. The number of aliphatic hydroxyl groups is 2. The fraction of sp³-hybridized carbons (Fsp3) is 0.478. The Bertz CT molecular complexity index is 1220. The lowest BCUT2D eigenvalue weighted by Crippen LogP contribution is -2.64. The molecule has 1 aliphatic carbocycles. The predicted molar refractivity (Wildman–Crippen MR) is 112 cm³/mol. The van der Waals surface area contributed by atoms with Crippen molar-refractivity contribution in [2.24, 2.45) is 0 Å². The minimum atomic E-state index is -4.72. The molecule has 2 aliphatic rings.